The first-order valence-corrected chi connectivity index (χ1v) is 18.8. The standard InChI is InChI=1S/C41H54N4O10/c42-10-13-47-16-19-50-22-25-53-36-28-33(41(46)45-35-9-7-32-5-4-30-2-1-3-31-6-8-34(35)39(32)38(30)31)29-37(54-26-23-51-20-17-48-14-11-43)40(36)55-27-24-52-21-18-49-15-12-44/h1-9,28-29H,10-27,42-44H2,(H,45,46). The molecule has 0 bridgehead atoms. The van der Waals surface area contributed by atoms with Crippen LogP contribution in [0.3, 0.4) is 0 Å². The molecule has 0 aliphatic carbocycles. The van der Waals surface area contributed by atoms with Gasteiger partial charge in [0.15, 0.2) is 11.5 Å². The minimum atomic E-state index is -0.348. The molecule has 14 nitrogen and oxygen atoms in total. The molecule has 0 radical (unpaired) electrons. The van der Waals surface area contributed by atoms with Crippen molar-refractivity contribution in [2.75, 3.05) is 124 Å². The van der Waals surface area contributed by atoms with Gasteiger partial charge in [0.25, 0.3) is 5.91 Å². The molecule has 0 aliphatic heterocycles. The van der Waals surface area contributed by atoms with Crippen LogP contribution in [0.2, 0.25) is 0 Å². The number of nitrogens with one attached hydrogen (secondary N) is 1. The minimum absolute atomic E-state index is 0.174. The highest BCUT2D eigenvalue weighted by Crippen LogP contribution is 2.41. The molecule has 14 heteroatoms. The Hall–Kier alpha value is -4.35. The van der Waals surface area contributed by atoms with Crippen LogP contribution in [0.4, 0.5) is 5.69 Å². The summed E-state index contributed by atoms with van der Waals surface area (Å²) >= 11 is 0. The number of hydrogen-bond donors (Lipinski definition) is 4. The van der Waals surface area contributed by atoms with Gasteiger partial charge in [0.2, 0.25) is 5.75 Å². The summed E-state index contributed by atoms with van der Waals surface area (Å²) in [6.45, 7) is 6.48. The highest BCUT2D eigenvalue weighted by molar-refractivity contribution is 6.26. The van der Waals surface area contributed by atoms with Gasteiger partial charge in [0.05, 0.1) is 79.3 Å². The second-order valence-electron chi connectivity index (χ2n) is 12.3. The summed E-state index contributed by atoms with van der Waals surface area (Å²) in [6.07, 6.45) is 0. The number of carbonyl (C=O) groups excluding carboxylic acids is 1. The van der Waals surface area contributed by atoms with E-state index in [0.29, 0.717) is 108 Å². The number of hydrogen-bond acceptors (Lipinski definition) is 13. The van der Waals surface area contributed by atoms with Crippen LogP contribution in [-0.2, 0) is 28.4 Å². The van der Waals surface area contributed by atoms with E-state index in [1.165, 1.54) is 0 Å². The molecule has 0 fully saturated rings. The van der Waals surface area contributed by atoms with Crippen LogP contribution < -0.4 is 36.7 Å². The molecule has 0 spiro atoms. The Morgan fingerprint density at radius 1 is 0.473 bits per heavy atom. The predicted octanol–water partition coefficient (Wildman–Crippen LogP) is 3.95. The molecule has 55 heavy (non-hydrogen) atoms. The van der Waals surface area contributed by atoms with E-state index in [4.69, 9.17) is 59.8 Å². The molecule has 0 heterocycles. The molecule has 5 rings (SSSR count). The molecule has 0 saturated carbocycles. The van der Waals surface area contributed by atoms with Gasteiger partial charge >= 0.3 is 0 Å². The lowest BCUT2D eigenvalue weighted by atomic mass is 9.93. The van der Waals surface area contributed by atoms with Gasteiger partial charge in [-0.1, -0.05) is 48.5 Å². The zero-order valence-corrected chi connectivity index (χ0v) is 31.4. The van der Waals surface area contributed by atoms with E-state index in [2.05, 4.69) is 41.7 Å². The first-order chi connectivity index (χ1) is 27.1. The van der Waals surface area contributed by atoms with Crippen LogP contribution in [0.15, 0.2) is 66.7 Å². The number of carbonyl (C=O) groups is 1. The summed E-state index contributed by atoms with van der Waals surface area (Å²) in [5.74, 6) is 0.588. The third-order valence-electron chi connectivity index (χ3n) is 8.41. The number of rotatable bonds is 29. The molecule has 5 aromatic rings. The average Bonchev–Trinajstić information content (AvgIpc) is 3.20. The molecule has 0 aromatic heterocycles. The third-order valence-corrected chi connectivity index (χ3v) is 8.41. The molecule has 0 atom stereocenters. The van der Waals surface area contributed by atoms with Gasteiger partial charge in [0, 0.05) is 36.3 Å². The second-order valence-corrected chi connectivity index (χ2v) is 12.3. The molecule has 5 aromatic carbocycles. The number of benzene rings is 5. The Morgan fingerprint density at radius 3 is 1.40 bits per heavy atom. The normalized spacial score (nSPS) is 11.5. The lowest BCUT2D eigenvalue weighted by Crippen LogP contribution is -2.17. The van der Waals surface area contributed by atoms with Gasteiger partial charge in [-0.2, -0.15) is 0 Å². The van der Waals surface area contributed by atoms with Gasteiger partial charge in [-0.05, 0) is 45.1 Å². The molecule has 0 saturated heterocycles. The van der Waals surface area contributed by atoms with Crippen molar-refractivity contribution in [3.05, 3.63) is 72.3 Å². The van der Waals surface area contributed by atoms with Gasteiger partial charge in [0.1, 0.15) is 19.8 Å². The van der Waals surface area contributed by atoms with E-state index in [0.717, 1.165) is 32.3 Å². The summed E-state index contributed by atoms with van der Waals surface area (Å²) in [7, 11) is 0. The van der Waals surface area contributed by atoms with Crippen LogP contribution in [0, 0.1) is 0 Å². The first-order valence-electron chi connectivity index (χ1n) is 18.8. The van der Waals surface area contributed by atoms with E-state index >= 15 is 0 Å². The molecule has 0 unspecified atom stereocenters. The van der Waals surface area contributed by atoms with E-state index in [9.17, 15) is 4.79 Å². The number of amides is 1. The quantitative estimate of drug-likeness (QED) is 0.0405. The maximum atomic E-state index is 14.1. The van der Waals surface area contributed by atoms with E-state index in [1.54, 1.807) is 12.1 Å². The van der Waals surface area contributed by atoms with Crippen molar-refractivity contribution in [2.45, 2.75) is 0 Å². The van der Waals surface area contributed by atoms with Gasteiger partial charge < -0.3 is 65.1 Å². The fourth-order valence-corrected chi connectivity index (χ4v) is 5.94. The van der Waals surface area contributed by atoms with Crippen molar-refractivity contribution in [1.82, 2.24) is 0 Å². The molecule has 298 valence electrons. The van der Waals surface area contributed by atoms with Crippen LogP contribution in [-0.4, -0.2) is 125 Å². The van der Waals surface area contributed by atoms with Crippen molar-refractivity contribution in [2.24, 2.45) is 17.2 Å². The summed E-state index contributed by atoms with van der Waals surface area (Å²) in [5.41, 5.74) is 17.5. The highest BCUT2D eigenvalue weighted by Gasteiger charge is 2.21. The van der Waals surface area contributed by atoms with Crippen molar-refractivity contribution >= 4 is 43.9 Å². The summed E-state index contributed by atoms with van der Waals surface area (Å²) in [6, 6.07) is 21.9. The number of nitrogens with two attached hydrogens (primary N) is 3. The van der Waals surface area contributed by atoms with Gasteiger partial charge in [-0.25, -0.2) is 0 Å². The van der Waals surface area contributed by atoms with Crippen molar-refractivity contribution < 1.29 is 47.4 Å². The van der Waals surface area contributed by atoms with E-state index in [1.807, 2.05) is 18.2 Å². The fraction of sp³-hybridized carbons (Fsp3) is 0.439. The Morgan fingerprint density at radius 2 is 0.891 bits per heavy atom. The third kappa shape index (κ3) is 12.6. The maximum absolute atomic E-state index is 14.1. The predicted molar refractivity (Wildman–Crippen MR) is 213 cm³/mol. The van der Waals surface area contributed by atoms with Crippen molar-refractivity contribution in [3.8, 4) is 17.2 Å². The molecular weight excluding hydrogens is 708 g/mol. The lowest BCUT2D eigenvalue weighted by Gasteiger charge is -2.19. The van der Waals surface area contributed by atoms with Gasteiger partial charge in [-0.3, -0.25) is 4.79 Å². The summed E-state index contributed by atoms with van der Waals surface area (Å²) in [4.78, 5) is 14.1. The van der Waals surface area contributed by atoms with Crippen LogP contribution in [0.5, 0.6) is 17.2 Å². The summed E-state index contributed by atoms with van der Waals surface area (Å²) < 4.78 is 51.8. The van der Waals surface area contributed by atoms with Crippen molar-refractivity contribution in [1.29, 1.82) is 0 Å². The highest BCUT2D eigenvalue weighted by atomic mass is 16.6. The zero-order valence-electron chi connectivity index (χ0n) is 31.4. The van der Waals surface area contributed by atoms with E-state index < -0.39 is 0 Å². The molecule has 7 N–H and O–H groups in total. The number of ether oxygens (including phenoxy) is 9. The number of anilines is 1. The van der Waals surface area contributed by atoms with Crippen LogP contribution in [0.25, 0.3) is 32.3 Å². The Balaban J connectivity index is 1.36. The lowest BCUT2D eigenvalue weighted by molar-refractivity contribution is 0.0331. The average molecular weight is 763 g/mol. The van der Waals surface area contributed by atoms with Gasteiger partial charge in [-0.15, -0.1) is 0 Å². The zero-order chi connectivity index (χ0) is 38.5. The van der Waals surface area contributed by atoms with Crippen molar-refractivity contribution in [3.63, 3.8) is 0 Å². The smallest absolute Gasteiger partial charge is 0.255 e. The Bertz CT molecular complexity index is 1820. The Labute approximate surface area is 321 Å². The molecule has 1 amide bonds. The second kappa shape index (κ2) is 23.5. The van der Waals surface area contributed by atoms with E-state index in [-0.39, 0.29) is 45.5 Å². The largest absolute Gasteiger partial charge is 0.487 e. The SMILES string of the molecule is NCCOCCOCCOc1cc(C(=O)Nc2ccc3ccc4cccc5ccc2c3c45)cc(OCCOCCOCCN)c1OCCOCCOCCN. The minimum Gasteiger partial charge on any atom is -0.487 e. The van der Waals surface area contributed by atoms with Crippen LogP contribution >= 0.6 is 0 Å². The molecular formula is C41H54N4O10. The molecule has 0 aliphatic rings. The summed E-state index contributed by atoms with van der Waals surface area (Å²) in [5, 5.41) is 9.72. The topological polar surface area (TPSA) is 190 Å². The van der Waals surface area contributed by atoms with Crippen LogP contribution in [0.1, 0.15) is 10.4 Å². The monoisotopic (exact) mass is 762 g/mol. The maximum Gasteiger partial charge on any atom is 0.255 e. The Kier molecular flexibility index (Phi) is 17.9. The fourth-order valence-electron chi connectivity index (χ4n) is 5.94. The first kappa shape index (κ1) is 41.8.